The number of carboxylic acids is 1. The number of aromatic nitrogens is 2. The van der Waals surface area contributed by atoms with Crippen molar-refractivity contribution in [2.24, 2.45) is 0 Å². The fourth-order valence-corrected chi connectivity index (χ4v) is 3.97. The first-order chi connectivity index (χ1) is 16.3. The van der Waals surface area contributed by atoms with Gasteiger partial charge in [0, 0.05) is 11.1 Å². The molecule has 1 unspecified atom stereocenters. The number of nitrogens with one attached hydrogen (secondary N) is 2. The van der Waals surface area contributed by atoms with Gasteiger partial charge in [-0.1, -0.05) is 71.7 Å². The van der Waals surface area contributed by atoms with Crippen LogP contribution in [0.3, 0.4) is 0 Å². The largest absolute Gasteiger partial charge is 0.481 e. The van der Waals surface area contributed by atoms with Gasteiger partial charge in [-0.05, 0) is 41.0 Å². The number of halogens is 2. The zero-order valence-corrected chi connectivity index (χ0v) is 19.2. The Labute approximate surface area is 204 Å². The van der Waals surface area contributed by atoms with Gasteiger partial charge in [-0.3, -0.25) is 19.5 Å². The van der Waals surface area contributed by atoms with Gasteiger partial charge in [-0.2, -0.15) is 0 Å². The van der Waals surface area contributed by atoms with Crippen LogP contribution in [-0.2, 0) is 4.79 Å². The quantitative estimate of drug-likeness (QED) is 0.332. The molecule has 7 nitrogen and oxygen atoms in total. The van der Waals surface area contributed by atoms with Crippen LogP contribution in [0.1, 0.15) is 28.5 Å². The van der Waals surface area contributed by atoms with E-state index in [2.05, 4.69) is 10.4 Å². The van der Waals surface area contributed by atoms with Crippen molar-refractivity contribution in [3.63, 3.8) is 0 Å². The minimum absolute atomic E-state index is 0.0177. The second kappa shape index (κ2) is 9.99. The van der Waals surface area contributed by atoms with Crippen molar-refractivity contribution in [2.45, 2.75) is 12.5 Å². The van der Waals surface area contributed by atoms with Crippen molar-refractivity contribution in [2.75, 3.05) is 0 Å². The number of amides is 1. The van der Waals surface area contributed by atoms with Crippen molar-refractivity contribution in [1.82, 2.24) is 15.1 Å². The zero-order chi connectivity index (χ0) is 24.2. The molecule has 1 heterocycles. The van der Waals surface area contributed by atoms with Crippen LogP contribution in [0.5, 0.6) is 0 Å². The molecule has 0 saturated carbocycles. The molecule has 1 atom stereocenters. The van der Waals surface area contributed by atoms with E-state index in [-0.39, 0.29) is 12.1 Å². The standard InChI is InChI=1S/C25H19Cl2N3O4/c26-18-5-3-4-17(12-18)15-8-10-16(11-9-15)20(14-24(32)33)28-25(34)21-13-23(31)30(29-21)22-7-2-1-6-19(22)27/h1-13,20,29H,14H2,(H,28,34)(H,32,33). The van der Waals surface area contributed by atoms with Gasteiger partial charge in [-0.15, -0.1) is 0 Å². The van der Waals surface area contributed by atoms with Gasteiger partial charge in [0.1, 0.15) is 5.69 Å². The fraction of sp³-hybridized carbons (Fsp3) is 0.0800. The van der Waals surface area contributed by atoms with Gasteiger partial charge < -0.3 is 10.4 Å². The molecule has 9 heteroatoms. The topological polar surface area (TPSA) is 104 Å². The Balaban J connectivity index is 1.58. The summed E-state index contributed by atoms with van der Waals surface area (Å²) >= 11 is 12.2. The number of carbonyl (C=O) groups is 2. The van der Waals surface area contributed by atoms with E-state index in [9.17, 15) is 19.5 Å². The molecule has 3 aromatic carbocycles. The maximum atomic E-state index is 12.9. The maximum absolute atomic E-state index is 12.9. The van der Waals surface area contributed by atoms with Gasteiger partial charge in [0.15, 0.2) is 0 Å². The Hall–Kier alpha value is -3.81. The minimum atomic E-state index is -1.08. The summed E-state index contributed by atoms with van der Waals surface area (Å²) in [5, 5.41) is 15.7. The van der Waals surface area contributed by atoms with Gasteiger partial charge in [0.2, 0.25) is 0 Å². The first kappa shape index (κ1) is 23.4. The average molecular weight is 496 g/mol. The van der Waals surface area contributed by atoms with Gasteiger partial charge in [0.25, 0.3) is 11.5 Å². The van der Waals surface area contributed by atoms with Crippen LogP contribution in [0.25, 0.3) is 16.8 Å². The molecule has 0 aliphatic carbocycles. The number of rotatable bonds is 7. The molecule has 0 aliphatic rings. The summed E-state index contributed by atoms with van der Waals surface area (Å²) in [6, 6.07) is 21.5. The number of carbonyl (C=O) groups excluding carboxylic acids is 1. The predicted octanol–water partition coefficient (Wildman–Crippen LogP) is 5.09. The van der Waals surface area contributed by atoms with Crippen LogP contribution >= 0.6 is 23.2 Å². The predicted molar refractivity (Wildman–Crippen MR) is 131 cm³/mol. The van der Waals surface area contributed by atoms with E-state index in [0.717, 1.165) is 21.9 Å². The summed E-state index contributed by atoms with van der Waals surface area (Å²) < 4.78 is 1.16. The number of aliphatic carboxylic acids is 1. The lowest BCUT2D eigenvalue weighted by molar-refractivity contribution is -0.137. The normalized spacial score (nSPS) is 11.7. The van der Waals surface area contributed by atoms with Crippen LogP contribution in [0.2, 0.25) is 10.0 Å². The molecular formula is C25H19Cl2N3O4. The lowest BCUT2D eigenvalue weighted by atomic mass is 9.99. The van der Waals surface area contributed by atoms with Crippen LogP contribution in [0.4, 0.5) is 0 Å². The number of hydrogen-bond donors (Lipinski definition) is 3. The Morgan fingerprint density at radius 2 is 1.68 bits per heavy atom. The van der Waals surface area contributed by atoms with Gasteiger partial charge in [0.05, 0.1) is 23.2 Å². The molecule has 34 heavy (non-hydrogen) atoms. The molecule has 1 amide bonds. The fourth-order valence-electron chi connectivity index (χ4n) is 3.56. The number of nitrogens with zero attached hydrogens (tertiary/aromatic N) is 1. The second-order valence-electron chi connectivity index (χ2n) is 7.55. The SMILES string of the molecule is O=C(O)CC(NC(=O)c1cc(=O)n(-c2ccccc2Cl)[nH]1)c1ccc(-c2cccc(Cl)c2)cc1. The van der Waals surface area contributed by atoms with Gasteiger partial charge >= 0.3 is 5.97 Å². The van der Waals surface area contributed by atoms with Crippen molar-refractivity contribution < 1.29 is 14.7 Å². The highest BCUT2D eigenvalue weighted by Crippen LogP contribution is 2.26. The molecule has 0 radical (unpaired) electrons. The van der Waals surface area contributed by atoms with E-state index < -0.39 is 23.5 Å². The highest BCUT2D eigenvalue weighted by molar-refractivity contribution is 6.32. The monoisotopic (exact) mass is 495 g/mol. The van der Waals surface area contributed by atoms with Crippen molar-refractivity contribution in [3.8, 4) is 16.8 Å². The summed E-state index contributed by atoms with van der Waals surface area (Å²) in [6.07, 6.45) is -0.336. The summed E-state index contributed by atoms with van der Waals surface area (Å²) in [5.41, 5.74) is 2.32. The van der Waals surface area contributed by atoms with Crippen LogP contribution < -0.4 is 10.9 Å². The highest BCUT2D eigenvalue weighted by atomic mass is 35.5. The lowest BCUT2D eigenvalue weighted by Crippen LogP contribution is -2.30. The van der Waals surface area contributed by atoms with Crippen LogP contribution in [0.15, 0.2) is 83.7 Å². The number of H-pyrrole nitrogens is 1. The first-order valence-corrected chi connectivity index (χ1v) is 11.0. The molecule has 3 N–H and O–H groups in total. The molecule has 1 aromatic heterocycles. The van der Waals surface area contributed by atoms with E-state index in [4.69, 9.17) is 23.2 Å². The molecule has 0 fully saturated rings. The zero-order valence-electron chi connectivity index (χ0n) is 17.7. The Morgan fingerprint density at radius 3 is 2.35 bits per heavy atom. The van der Waals surface area contributed by atoms with E-state index in [1.807, 2.05) is 30.3 Å². The Morgan fingerprint density at radius 1 is 0.941 bits per heavy atom. The second-order valence-corrected chi connectivity index (χ2v) is 8.39. The van der Waals surface area contributed by atoms with Gasteiger partial charge in [-0.25, -0.2) is 4.68 Å². The number of para-hydroxylation sites is 1. The van der Waals surface area contributed by atoms with E-state index in [1.54, 1.807) is 42.5 Å². The molecule has 4 aromatic rings. The minimum Gasteiger partial charge on any atom is -0.481 e. The first-order valence-electron chi connectivity index (χ1n) is 10.3. The number of benzene rings is 3. The van der Waals surface area contributed by atoms with Crippen molar-refractivity contribution >= 4 is 35.1 Å². The molecule has 0 saturated heterocycles. The molecule has 0 aliphatic heterocycles. The number of carboxylic acid groups (broad SMARTS) is 1. The van der Waals surface area contributed by atoms with E-state index >= 15 is 0 Å². The average Bonchev–Trinajstić information content (AvgIpc) is 3.20. The van der Waals surface area contributed by atoms with E-state index in [0.29, 0.717) is 21.3 Å². The maximum Gasteiger partial charge on any atom is 0.305 e. The molecule has 0 bridgehead atoms. The third-order valence-electron chi connectivity index (χ3n) is 5.21. The van der Waals surface area contributed by atoms with Crippen LogP contribution in [0, 0.1) is 0 Å². The third-order valence-corrected chi connectivity index (χ3v) is 5.77. The highest BCUT2D eigenvalue weighted by Gasteiger charge is 2.21. The summed E-state index contributed by atoms with van der Waals surface area (Å²) in [4.78, 5) is 36.8. The summed E-state index contributed by atoms with van der Waals surface area (Å²) in [7, 11) is 0. The summed E-state index contributed by atoms with van der Waals surface area (Å²) in [5.74, 6) is -1.69. The number of aromatic amines is 1. The Kier molecular flexibility index (Phi) is 6.86. The molecule has 0 spiro atoms. The van der Waals surface area contributed by atoms with E-state index in [1.165, 1.54) is 0 Å². The molecular weight excluding hydrogens is 477 g/mol. The third kappa shape index (κ3) is 5.22. The lowest BCUT2D eigenvalue weighted by Gasteiger charge is -2.17. The Bertz CT molecular complexity index is 1410. The number of hydrogen-bond acceptors (Lipinski definition) is 3. The smallest absolute Gasteiger partial charge is 0.305 e. The molecule has 4 rings (SSSR count). The summed E-state index contributed by atoms with van der Waals surface area (Å²) in [6.45, 7) is 0. The van der Waals surface area contributed by atoms with Crippen molar-refractivity contribution in [3.05, 3.63) is 111 Å². The van der Waals surface area contributed by atoms with Crippen molar-refractivity contribution in [1.29, 1.82) is 0 Å². The van der Waals surface area contributed by atoms with Crippen LogP contribution in [-0.4, -0.2) is 26.8 Å². The molecule has 172 valence electrons.